The number of aliphatic hydroxyl groups is 2. The molecule has 0 aliphatic rings. The van der Waals surface area contributed by atoms with Crippen LogP contribution in [0.4, 0.5) is 0 Å². The van der Waals surface area contributed by atoms with Crippen molar-refractivity contribution in [3.8, 4) is 0 Å². The van der Waals surface area contributed by atoms with Crippen LogP contribution in [0.15, 0.2) is 24.3 Å². The van der Waals surface area contributed by atoms with Gasteiger partial charge >= 0.3 is 5.97 Å². The predicted molar refractivity (Wildman–Crippen MR) is 241 cm³/mol. The van der Waals surface area contributed by atoms with Gasteiger partial charge in [-0.25, -0.2) is 0 Å². The molecule has 2 atom stereocenters. The number of hydrogen-bond acceptors (Lipinski definition) is 5. The molecule has 0 radical (unpaired) electrons. The smallest absolute Gasteiger partial charge is 0.305 e. The van der Waals surface area contributed by atoms with E-state index in [0.29, 0.717) is 19.4 Å². The molecule has 0 saturated heterocycles. The number of rotatable bonds is 45. The summed E-state index contributed by atoms with van der Waals surface area (Å²) in [6, 6.07) is -0.637. The first-order chi connectivity index (χ1) is 27.5. The lowest BCUT2D eigenvalue weighted by Crippen LogP contribution is -2.45. The van der Waals surface area contributed by atoms with Gasteiger partial charge in [-0.1, -0.05) is 212 Å². The topological polar surface area (TPSA) is 95.9 Å². The van der Waals surface area contributed by atoms with Crippen LogP contribution in [-0.2, 0) is 14.3 Å². The Morgan fingerprint density at radius 1 is 0.482 bits per heavy atom. The van der Waals surface area contributed by atoms with Crippen LogP contribution < -0.4 is 5.32 Å². The van der Waals surface area contributed by atoms with E-state index in [1.165, 1.54) is 161 Å². The highest BCUT2D eigenvalue weighted by atomic mass is 16.5. The van der Waals surface area contributed by atoms with Gasteiger partial charge in [0.15, 0.2) is 0 Å². The molecule has 0 aromatic heterocycles. The summed E-state index contributed by atoms with van der Waals surface area (Å²) in [6.07, 6.45) is 53.1. The molecule has 0 fully saturated rings. The van der Waals surface area contributed by atoms with E-state index in [-0.39, 0.29) is 18.5 Å². The summed E-state index contributed by atoms with van der Waals surface area (Å²) in [5, 5.41) is 23.0. The Balaban J connectivity index is 3.52. The highest BCUT2D eigenvalue weighted by molar-refractivity contribution is 5.76. The minimum Gasteiger partial charge on any atom is -0.466 e. The first kappa shape index (κ1) is 54.3. The summed E-state index contributed by atoms with van der Waals surface area (Å²) in [5.41, 5.74) is 0. The van der Waals surface area contributed by atoms with Crippen molar-refractivity contribution in [3.63, 3.8) is 0 Å². The molecule has 56 heavy (non-hydrogen) atoms. The predicted octanol–water partition coefficient (Wildman–Crippen LogP) is 14.3. The molecule has 0 saturated carbocycles. The van der Waals surface area contributed by atoms with Gasteiger partial charge in [-0.2, -0.15) is 0 Å². The summed E-state index contributed by atoms with van der Waals surface area (Å²) in [6.45, 7) is 4.85. The summed E-state index contributed by atoms with van der Waals surface area (Å²) >= 11 is 0. The molecule has 6 nitrogen and oxygen atoms in total. The molecular weight excluding hydrogens is 695 g/mol. The quantitative estimate of drug-likeness (QED) is 0.0324. The van der Waals surface area contributed by atoms with Gasteiger partial charge in [-0.3, -0.25) is 9.59 Å². The normalized spacial score (nSPS) is 12.9. The Hall–Kier alpha value is -1.66. The van der Waals surface area contributed by atoms with E-state index in [1.54, 1.807) is 6.08 Å². The fourth-order valence-corrected chi connectivity index (χ4v) is 7.39. The Labute approximate surface area is 348 Å². The standard InChI is InChI=1S/C50H95NO5/c1-3-5-7-9-11-13-15-19-23-26-30-34-38-42-48(53)47(46-52)51-49(54)43-39-35-31-27-24-20-17-16-18-21-25-29-33-37-41-45-56-50(55)44-40-36-32-28-22-14-12-10-8-6-4-2/h18,21,38,42,47-48,52-53H,3-17,19-20,22-37,39-41,43-46H2,1-2H3,(H,51,54)/b21-18-,42-38+. The Morgan fingerprint density at radius 2 is 0.839 bits per heavy atom. The molecule has 2 unspecified atom stereocenters. The molecule has 0 spiro atoms. The number of hydrogen-bond donors (Lipinski definition) is 3. The molecule has 0 rings (SSSR count). The van der Waals surface area contributed by atoms with E-state index in [1.807, 2.05) is 6.08 Å². The summed E-state index contributed by atoms with van der Waals surface area (Å²) < 4.78 is 5.43. The van der Waals surface area contributed by atoms with Crippen molar-refractivity contribution in [2.75, 3.05) is 13.2 Å². The maximum absolute atomic E-state index is 12.4. The third-order valence-corrected chi connectivity index (χ3v) is 11.2. The van der Waals surface area contributed by atoms with Gasteiger partial charge in [-0.15, -0.1) is 0 Å². The summed E-state index contributed by atoms with van der Waals surface area (Å²) in [4.78, 5) is 24.4. The average Bonchev–Trinajstić information content (AvgIpc) is 3.20. The zero-order valence-corrected chi connectivity index (χ0v) is 37.4. The van der Waals surface area contributed by atoms with Crippen LogP contribution in [0.25, 0.3) is 0 Å². The SMILES string of the molecule is CCCCCCCCCCCCC/C=C/C(O)C(CO)NC(=O)CCCCCCCCC/C=C\CCCCCCOC(=O)CCCCCCCCCCCCC. The molecule has 0 aliphatic carbocycles. The highest BCUT2D eigenvalue weighted by Gasteiger charge is 2.18. The fraction of sp³-hybridized carbons (Fsp3) is 0.880. The maximum Gasteiger partial charge on any atom is 0.305 e. The van der Waals surface area contributed by atoms with E-state index in [2.05, 4.69) is 31.3 Å². The van der Waals surface area contributed by atoms with Crippen molar-refractivity contribution in [3.05, 3.63) is 24.3 Å². The second-order valence-electron chi connectivity index (χ2n) is 16.8. The van der Waals surface area contributed by atoms with Crippen LogP contribution in [0.3, 0.4) is 0 Å². The minimum atomic E-state index is -0.852. The van der Waals surface area contributed by atoms with Gasteiger partial charge < -0.3 is 20.3 Å². The second-order valence-corrected chi connectivity index (χ2v) is 16.8. The molecule has 0 heterocycles. The average molecular weight is 790 g/mol. The van der Waals surface area contributed by atoms with Gasteiger partial charge in [0.25, 0.3) is 0 Å². The van der Waals surface area contributed by atoms with Gasteiger partial charge in [-0.05, 0) is 57.8 Å². The first-order valence-corrected chi connectivity index (χ1v) is 24.6. The van der Waals surface area contributed by atoms with Crippen molar-refractivity contribution in [1.82, 2.24) is 5.32 Å². The van der Waals surface area contributed by atoms with Crippen molar-refractivity contribution in [1.29, 1.82) is 0 Å². The van der Waals surface area contributed by atoms with Crippen molar-refractivity contribution >= 4 is 11.9 Å². The Kier molecular flexibility index (Phi) is 44.7. The van der Waals surface area contributed by atoms with E-state index in [4.69, 9.17) is 4.74 Å². The minimum absolute atomic E-state index is 0.0121. The van der Waals surface area contributed by atoms with E-state index < -0.39 is 12.1 Å². The van der Waals surface area contributed by atoms with Crippen LogP contribution >= 0.6 is 0 Å². The van der Waals surface area contributed by atoms with Crippen LogP contribution in [0.2, 0.25) is 0 Å². The molecule has 0 aliphatic heterocycles. The van der Waals surface area contributed by atoms with Crippen LogP contribution in [0.1, 0.15) is 258 Å². The fourth-order valence-electron chi connectivity index (χ4n) is 7.39. The molecule has 3 N–H and O–H groups in total. The number of ether oxygens (including phenoxy) is 1. The molecule has 0 aromatic carbocycles. The zero-order chi connectivity index (χ0) is 40.8. The lowest BCUT2D eigenvalue weighted by Gasteiger charge is -2.20. The molecule has 0 aromatic rings. The van der Waals surface area contributed by atoms with Crippen LogP contribution in [0, 0.1) is 0 Å². The summed E-state index contributed by atoms with van der Waals surface area (Å²) in [7, 11) is 0. The number of nitrogens with one attached hydrogen (secondary N) is 1. The van der Waals surface area contributed by atoms with Crippen LogP contribution in [0.5, 0.6) is 0 Å². The largest absolute Gasteiger partial charge is 0.466 e. The third-order valence-electron chi connectivity index (χ3n) is 11.2. The van der Waals surface area contributed by atoms with Crippen LogP contribution in [-0.4, -0.2) is 47.4 Å². The van der Waals surface area contributed by atoms with Gasteiger partial charge in [0.2, 0.25) is 5.91 Å². The highest BCUT2D eigenvalue weighted by Crippen LogP contribution is 2.15. The van der Waals surface area contributed by atoms with Crippen molar-refractivity contribution in [2.24, 2.45) is 0 Å². The third kappa shape index (κ3) is 42.0. The Morgan fingerprint density at radius 3 is 1.27 bits per heavy atom. The monoisotopic (exact) mass is 790 g/mol. The van der Waals surface area contributed by atoms with Crippen molar-refractivity contribution in [2.45, 2.75) is 270 Å². The maximum atomic E-state index is 12.4. The molecule has 0 bridgehead atoms. The number of aliphatic hydroxyl groups excluding tert-OH is 2. The van der Waals surface area contributed by atoms with E-state index in [9.17, 15) is 19.8 Å². The number of amides is 1. The molecular formula is C50H95NO5. The first-order valence-electron chi connectivity index (χ1n) is 24.6. The number of allylic oxidation sites excluding steroid dienone is 3. The van der Waals surface area contributed by atoms with Gasteiger partial charge in [0.05, 0.1) is 25.4 Å². The zero-order valence-electron chi connectivity index (χ0n) is 37.4. The molecule has 1 amide bonds. The summed E-state index contributed by atoms with van der Waals surface area (Å²) in [5.74, 6) is -0.0960. The van der Waals surface area contributed by atoms with Gasteiger partial charge in [0, 0.05) is 12.8 Å². The van der Waals surface area contributed by atoms with E-state index in [0.717, 1.165) is 70.6 Å². The Bertz CT molecular complexity index is 874. The number of unbranched alkanes of at least 4 members (excludes halogenated alkanes) is 32. The lowest BCUT2D eigenvalue weighted by atomic mass is 10.0. The lowest BCUT2D eigenvalue weighted by molar-refractivity contribution is -0.143. The molecule has 330 valence electrons. The van der Waals surface area contributed by atoms with Crippen molar-refractivity contribution < 1.29 is 24.5 Å². The number of carbonyl (C=O) groups excluding carboxylic acids is 2. The number of carbonyl (C=O) groups is 2. The van der Waals surface area contributed by atoms with E-state index >= 15 is 0 Å². The number of esters is 1. The van der Waals surface area contributed by atoms with Gasteiger partial charge in [0.1, 0.15) is 0 Å². The second kappa shape index (κ2) is 46.0. The molecule has 6 heteroatoms.